The molecule has 1 rings (SSSR count). The largest absolute Gasteiger partial charge is 0.396 e. The zero-order chi connectivity index (χ0) is 10.4. The lowest BCUT2D eigenvalue weighted by Gasteiger charge is -2.30. The second-order valence-corrected chi connectivity index (χ2v) is 4.15. The lowest BCUT2D eigenvalue weighted by molar-refractivity contribution is -0.122. The first-order valence-corrected chi connectivity index (χ1v) is 5.68. The van der Waals surface area contributed by atoms with Crippen molar-refractivity contribution in [3.05, 3.63) is 0 Å². The summed E-state index contributed by atoms with van der Waals surface area (Å²) in [5, 5.41) is 12.2. The van der Waals surface area contributed by atoms with Crippen LogP contribution in [0.4, 0.5) is 0 Å². The second kappa shape index (κ2) is 6.02. The average molecular weight is 199 g/mol. The van der Waals surface area contributed by atoms with Crippen molar-refractivity contribution >= 4 is 5.91 Å². The van der Waals surface area contributed by atoms with Gasteiger partial charge in [-0.05, 0) is 19.3 Å². The fraction of sp³-hybridized carbons (Fsp3) is 0.909. The Balaban J connectivity index is 2.36. The number of aliphatic hydroxyl groups is 1. The third-order valence-electron chi connectivity index (χ3n) is 2.97. The Kier molecular flexibility index (Phi) is 4.94. The first-order chi connectivity index (χ1) is 6.77. The molecule has 1 aliphatic carbocycles. The number of aliphatic hydroxyl groups excluding tert-OH is 1. The molecule has 1 amide bonds. The van der Waals surface area contributed by atoms with Crippen molar-refractivity contribution in [2.24, 2.45) is 5.92 Å². The van der Waals surface area contributed by atoms with Crippen LogP contribution in [0.3, 0.4) is 0 Å². The minimum atomic E-state index is 0.137. The molecule has 0 aromatic rings. The standard InChI is InChI=1S/C11H21NO2/c1-2-5-11(14)12-10-7-4-3-6-9(10)8-13/h9-10,13H,2-8H2,1H3,(H,12,14)/t9-,10-/m1/s1. The Bertz CT molecular complexity index is 182. The number of hydrogen-bond acceptors (Lipinski definition) is 2. The summed E-state index contributed by atoms with van der Waals surface area (Å²) in [6.07, 6.45) is 5.93. The summed E-state index contributed by atoms with van der Waals surface area (Å²) in [5.74, 6) is 0.419. The number of carbonyl (C=O) groups excluding carboxylic acids is 1. The normalized spacial score (nSPS) is 27.3. The average Bonchev–Trinajstić information content (AvgIpc) is 2.19. The molecule has 0 radical (unpaired) electrons. The van der Waals surface area contributed by atoms with Gasteiger partial charge < -0.3 is 10.4 Å². The molecular weight excluding hydrogens is 178 g/mol. The Labute approximate surface area is 85.9 Å². The van der Waals surface area contributed by atoms with Gasteiger partial charge in [0.05, 0.1) is 0 Å². The molecule has 0 aromatic carbocycles. The van der Waals surface area contributed by atoms with Gasteiger partial charge in [-0.3, -0.25) is 4.79 Å². The van der Waals surface area contributed by atoms with Crippen molar-refractivity contribution in [1.82, 2.24) is 5.32 Å². The molecule has 0 aromatic heterocycles. The fourth-order valence-corrected chi connectivity index (χ4v) is 2.12. The monoisotopic (exact) mass is 199 g/mol. The predicted octanol–water partition coefficient (Wildman–Crippen LogP) is 1.45. The molecule has 14 heavy (non-hydrogen) atoms. The first-order valence-electron chi connectivity index (χ1n) is 5.68. The van der Waals surface area contributed by atoms with Crippen molar-refractivity contribution < 1.29 is 9.90 Å². The summed E-state index contributed by atoms with van der Waals surface area (Å²) in [4.78, 5) is 11.4. The van der Waals surface area contributed by atoms with Crippen molar-refractivity contribution in [1.29, 1.82) is 0 Å². The van der Waals surface area contributed by atoms with Crippen molar-refractivity contribution in [3.63, 3.8) is 0 Å². The topological polar surface area (TPSA) is 49.3 Å². The zero-order valence-corrected chi connectivity index (χ0v) is 8.96. The number of hydrogen-bond donors (Lipinski definition) is 2. The fourth-order valence-electron chi connectivity index (χ4n) is 2.12. The lowest BCUT2D eigenvalue weighted by atomic mass is 9.85. The third-order valence-corrected chi connectivity index (χ3v) is 2.97. The van der Waals surface area contributed by atoms with E-state index in [9.17, 15) is 4.79 Å². The van der Waals surface area contributed by atoms with Gasteiger partial charge in [-0.15, -0.1) is 0 Å². The van der Waals surface area contributed by atoms with E-state index in [0.29, 0.717) is 6.42 Å². The van der Waals surface area contributed by atoms with E-state index in [1.807, 2.05) is 6.92 Å². The molecule has 0 aliphatic heterocycles. The van der Waals surface area contributed by atoms with Crippen LogP contribution < -0.4 is 5.32 Å². The van der Waals surface area contributed by atoms with Crippen molar-refractivity contribution in [2.45, 2.75) is 51.5 Å². The highest BCUT2D eigenvalue weighted by atomic mass is 16.3. The maximum Gasteiger partial charge on any atom is 0.220 e. The lowest BCUT2D eigenvalue weighted by Crippen LogP contribution is -2.43. The van der Waals surface area contributed by atoms with Crippen LogP contribution in [0.2, 0.25) is 0 Å². The summed E-state index contributed by atoms with van der Waals surface area (Å²) in [7, 11) is 0. The Morgan fingerprint density at radius 3 is 2.79 bits per heavy atom. The second-order valence-electron chi connectivity index (χ2n) is 4.15. The van der Waals surface area contributed by atoms with Crippen LogP contribution in [0, 0.1) is 5.92 Å². The van der Waals surface area contributed by atoms with Gasteiger partial charge in [-0.1, -0.05) is 19.8 Å². The van der Waals surface area contributed by atoms with Gasteiger partial charge in [0.2, 0.25) is 5.91 Å². The highest BCUT2D eigenvalue weighted by molar-refractivity contribution is 5.76. The van der Waals surface area contributed by atoms with E-state index in [0.717, 1.165) is 19.3 Å². The van der Waals surface area contributed by atoms with Crippen LogP contribution in [0.15, 0.2) is 0 Å². The smallest absolute Gasteiger partial charge is 0.220 e. The maximum absolute atomic E-state index is 11.4. The summed E-state index contributed by atoms with van der Waals surface area (Å²) in [6, 6.07) is 0.216. The van der Waals surface area contributed by atoms with E-state index in [2.05, 4.69) is 5.32 Å². The van der Waals surface area contributed by atoms with Gasteiger partial charge in [-0.2, -0.15) is 0 Å². The van der Waals surface area contributed by atoms with Gasteiger partial charge in [0.1, 0.15) is 0 Å². The molecule has 0 heterocycles. The van der Waals surface area contributed by atoms with E-state index in [1.54, 1.807) is 0 Å². The van der Waals surface area contributed by atoms with Gasteiger partial charge in [0.15, 0.2) is 0 Å². The molecule has 2 atom stereocenters. The molecule has 0 unspecified atom stereocenters. The highest BCUT2D eigenvalue weighted by Gasteiger charge is 2.25. The third kappa shape index (κ3) is 3.29. The van der Waals surface area contributed by atoms with E-state index in [4.69, 9.17) is 5.11 Å². The molecule has 1 aliphatic rings. The van der Waals surface area contributed by atoms with Crippen molar-refractivity contribution in [2.75, 3.05) is 6.61 Å². The quantitative estimate of drug-likeness (QED) is 0.720. The van der Waals surface area contributed by atoms with Gasteiger partial charge in [0, 0.05) is 25.0 Å². The van der Waals surface area contributed by atoms with Crippen LogP contribution in [0.5, 0.6) is 0 Å². The van der Waals surface area contributed by atoms with Crippen LogP contribution in [-0.2, 0) is 4.79 Å². The van der Waals surface area contributed by atoms with Gasteiger partial charge >= 0.3 is 0 Å². The number of amides is 1. The van der Waals surface area contributed by atoms with E-state index >= 15 is 0 Å². The number of carbonyl (C=O) groups is 1. The minimum Gasteiger partial charge on any atom is -0.396 e. The molecule has 0 spiro atoms. The maximum atomic E-state index is 11.4. The van der Waals surface area contributed by atoms with E-state index in [1.165, 1.54) is 12.8 Å². The molecule has 0 saturated heterocycles. The van der Waals surface area contributed by atoms with Crippen LogP contribution in [0.25, 0.3) is 0 Å². The molecule has 3 heteroatoms. The van der Waals surface area contributed by atoms with Gasteiger partial charge in [0.25, 0.3) is 0 Å². The molecular formula is C11H21NO2. The van der Waals surface area contributed by atoms with Crippen LogP contribution in [-0.4, -0.2) is 23.7 Å². The highest BCUT2D eigenvalue weighted by Crippen LogP contribution is 2.23. The van der Waals surface area contributed by atoms with E-state index < -0.39 is 0 Å². The SMILES string of the molecule is CCCC(=O)N[C@@H]1CCCC[C@@H]1CO. The van der Waals surface area contributed by atoms with Crippen LogP contribution >= 0.6 is 0 Å². The van der Waals surface area contributed by atoms with Crippen LogP contribution in [0.1, 0.15) is 45.4 Å². The predicted molar refractivity (Wildman–Crippen MR) is 55.9 cm³/mol. The molecule has 0 bridgehead atoms. The van der Waals surface area contributed by atoms with Gasteiger partial charge in [-0.25, -0.2) is 0 Å². The Hall–Kier alpha value is -0.570. The summed E-state index contributed by atoms with van der Waals surface area (Å²) >= 11 is 0. The molecule has 3 nitrogen and oxygen atoms in total. The zero-order valence-electron chi connectivity index (χ0n) is 8.96. The molecule has 1 saturated carbocycles. The molecule has 82 valence electrons. The number of rotatable bonds is 4. The minimum absolute atomic E-state index is 0.137. The Morgan fingerprint density at radius 1 is 1.43 bits per heavy atom. The first kappa shape index (κ1) is 11.5. The molecule has 2 N–H and O–H groups in total. The Morgan fingerprint density at radius 2 is 2.14 bits per heavy atom. The summed E-state index contributed by atoms with van der Waals surface area (Å²) < 4.78 is 0. The summed E-state index contributed by atoms with van der Waals surface area (Å²) in [5.41, 5.74) is 0. The van der Waals surface area contributed by atoms with E-state index in [-0.39, 0.29) is 24.5 Å². The summed E-state index contributed by atoms with van der Waals surface area (Å²) in [6.45, 7) is 2.21. The van der Waals surface area contributed by atoms with Crippen molar-refractivity contribution in [3.8, 4) is 0 Å². The number of nitrogens with one attached hydrogen (secondary N) is 1. The molecule has 1 fully saturated rings.